The maximum Gasteiger partial charge on any atom is 0.253 e. The van der Waals surface area contributed by atoms with Crippen molar-refractivity contribution in [2.45, 2.75) is 25.0 Å². The molecule has 9 heavy (non-hydrogen) atoms. The van der Waals surface area contributed by atoms with Crippen molar-refractivity contribution >= 4 is 0 Å². The summed E-state index contributed by atoms with van der Waals surface area (Å²) in [6.07, 6.45) is -2.75. The molecule has 0 bridgehead atoms. The third kappa shape index (κ3) is 1.59. The van der Waals surface area contributed by atoms with Crippen LogP contribution in [-0.4, -0.2) is 30.2 Å². The Bertz CT molecular complexity index is 99.0. The molecular formula is C5H9F2NO. The molecule has 0 aromatic heterocycles. The van der Waals surface area contributed by atoms with Crippen LogP contribution >= 0.6 is 0 Å². The van der Waals surface area contributed by atoms with Gasteiger partial charge >= 0.3 is 0 Å². The number of aliphatic hydroxyl groups excluding tert-OH is 1. The standard InChI is InChI=1S/C5H9F2NO/c6-5(7)4-1-3(9)2-8-4/h3-5,8-9H,1-2H2/t3-,4+/m1/s1. The Morgan fingerprint density at radius 1 is 1.56 bits per heavy atom. The molecule has 0 saturated carbocycles. The Morgan fingerprint density at radius 3 is 2.44 bits per heavy atom. The molecule has 2 atom stereocenters. The minimum atomic E-state index is -2.35. The number of nitrogens with one attached hydrogen (secondary N) is 1. The van der Waals surface area contributed by atoms with E-state index in [2.05, 4.69) is 5.32 Å². The summed E-state index contributed by atoms with van der Waals surface area (Å²) in [6.45, 7) is 0.301. The van der Waals surface area contributed by atoms with E-state index >= 15 is 0 Å². The van der Waals surface area contributed by atoms with E-state index < -0.39 is 18.6 Å². The van der Waals surface area contributed by atoms with Crippen LogP contribution in [0.5, 0.6) is 0 Å². The lowest BCUT2D eigenvalue weighted by atomic mass is 10.2. The van der Waals surface area contributed by atoms with Crippen LogP contribution in [0, 0.1) is 0 Å². The molecule has 0 aromatic rings. The zero-order valence-electron chi connectivity index (χ0n) is 4.85. The Labute approximate surface area is 51.9 Å². The molecule has 0 aromatic carbocycles. The van der Waals surface area contributed by atoms with Gasteiger partial charge in [-0.05, 0) is 6.42 Å². The number of aliphatic hydroxyl groups is 1. The second-order valence-electron chi connectivity index (χ2n) is 2.24. The molecule has 54 valence electrons. The summed E-state index contributed by atoms with van der Waals surface area (Å²) in [5, 5.41) is 11.3. The van der Waals surface area contributed by atoms with Crippen LogP contribution in [0.4, 0.5) is 8.78 Å². The summed E-state index contributed by atoms with van der Waals surface area (Å²) in [4.78, 5) is 0. The van der Waals surface area contributed by atoms with Gasteiger partial charge in [-0.3, -0.25) is 0 Å². The first-order chi connectivity index (χ1) is 4.20. The zero-order chi connectivity index (χ0) is 6.85. The molecule has 0 unspecified atom stereocenters. The van der Waals surface area contributed by atoms with Crippen molar-refractivity contribution in [1.29, 1.82) is 0 Å². The second-order valence-corrected chi connectivity index (χ2v) is 2.24. The van der Waals surface area contributed by atoms with Gasteiger partial charge in [-0.15, -0.1) is 0 Å². The molecule has 2 nitrogen and oxygen atoms in total. The molecule has 1 aliphatic rings. The number of hydrogen-bond donors (Lipinski definition) is 2. The predicted octanol–water partition coefficient (Wildman–Crippen LogP) is -0.0257. The summed E-state index contributed by atoms with van der Waals surface area (Å²) in [5.41, 5.74) is 0. The van der Waals surface area contributed by atoms with Crippen LogP contribution in [0.15, 0.2) is 0 Å². The molecule has 0 aliphatic carbocycles. The highest BCUT2D eigenvalue weighted by Gasteiger charge is 2.28. The van der Waals surface area contributed by atoms with Crippen LogP contribution in [0.2, 0.25) is 0 Å². The van der Waals surface area contributed by atoms with Crippen LogP contribution in [-0.2, 0) is 0 Å². The largest absolute Gasteiger partial charge is 0.392 e. The molecule has 0 spiro atoms. The van der Waals surface area contributed by atoms with Gasteiger partial charge in [0.05, 0.1) is 12.1 Å². The highest BCUT2D eigenvalue weighted by molar-refractivity contribution is 4.82. The lowest BCUT2D eigenvalue weighted by Gasteiger charge is -2.05. The van der Waals surface area contributed by atoms with Crippen molar-refractivity contribution < 1.29 is 13.9 Å². The van der Waals surface area contributed by atoms with Gasteiger partial charge < -0.3 is 10.4 Å². The van der Waals surface area contributed by atoms with Gasteiger partial charge in [-0.25, -0.2) is 8.78 Å². The van der Waals surface area contributed by atoms with E-state index in [4.69, 9.17) is 5.11 Å². The van der Waals surface area contributed by atoms with E-state index in [-0.39, 0.29) is 6.42 Å². The fraction of sp³-hybridized carbons (Fsp3) is 1.00. The molecule has 1 saturated heterocycles. The lowest BCUT2D eigenvalue weighted by molar-refractivity contribution is 0.0986. The number of alkyl halides is 2. The third-order valence-corrected chi connectivity index (χ3v) is 1.45. The highest BCUT2D eigenvalue weighted by Crippen LogP contribution is 2.12. The Balaban J connectivity index is 2.30. The van der Waals surface area contributed by atoms with Gasteiger partial charge in [0.15, 0.2) is 0 Å². The van der Waals surface area contributed by atoms with Gasteiger partial charge in [0.2, 0.25) is 0 Å². The third-order valence-electron chi connectivity index (χ3n) is 1.45. The van der Waals surface area contributed by atoms with Crippen molar-refractivity contribution in [1.82, 2.24) is 5.32 Å². The number of rotatable bonds is 1. The van der Waals surface area contributed by atoms with E-state index in [1.807, 2.05) is 0 Å². The lowest BCUT2D eigenvalue weighted by Crippen LogP contribution is -2.28. The molecule has 0 amide bonds. The van der Waals surface area contributed by atoms with Gasteiger partial charge in [0.1, 0.15) is 0 Å². The van der Waals surface area contributed by atoms with Crippen LogP contribution < -0.4 is 5.32 Å². The summed E-state index contributed by atoms with van der Waals surface area (Å²) in [7, 11) is 0. The maximum absolute atomic E-state index is 11.7. The first-order valence-corrected chi connectivity index (χ1v) is 2.89. The Morgan fingerprint density at radius 2 is 2.22 bits per heavy atom. The van der Waals surface area contributed by atoms with Crippen molar-refractivity contribution in [3.05, 3.63) is 0 Å². The van der Waals surface area contributed by atoms with Gasteiger partial charge in [0, 0.05) is 6.54 Å². The second kappa shape index (κ2) is 2.58. The molecule has 4 heteroatoms. The first-order valence-electron chi connectivity index (χ1n) is 2.89. The molecule has 0 radical (unpaired) electrons. The smallest absolute Gasteiger partial charge is 0.253 e. The van der Waals surface area contributed by atoms with Gasteiger partial charge in [-0.2, -0.15) is 0 Å². The number of hydrogen-bond acceptors (Lipinski definition) is 2. The van der Waals surface area contributed by atoms with E-state index in [1.54, 1.807) is 0 Å². The van der Waals surface area contributed by atoms with Crippen LogP contribution in [0.3, 0.4) is 0 Å². The monoisotopic (exact) mass is 137 g/mol. The molecular weight excluding hydrogens is 128 g/mol. The van der Waals surface area contributed by atoms with Crippen molar-refractivity contribution in [2.75, 3.05) is 6.54 Å². The van der Waals surface area contributed by atoms with E-state index in [1.165, 1.54) is 0 Å². The summed E-state index contributed by atoms with van der Waals surface area (Å²) in [6, 6.07) is -0.792. The molecule has 1 rings (SSSR count). The van der Waals surface area contributed by atoms with Crippen molar-refractivity contribution in [3.63, 3.8) is 0 Å². The van der Waals surface area contributed by atoms with E-state index in [0.717, 1.165) is 0 Å². The van der Waals surface area contributed by atoms with Gasteiger partial charge in [-0.1, -0.05) is 0 Å². The minimum absolute atomic E-state index is 0.178. The van der Waals surface area contributed by atoms with Crippen LogP contribution in [0.1, 0.15) is 6.42 Å². The maximum atomic E-state index is 11.7. The van der Waals surface area contributed by atoms with Crippen molar-refractivity contribution in [3.8, 4) is 0 Å². The molecule has 1 heterocycles. The fourth-order valence-corrected chi connectivity index (χ4v) is 0.939. The zero-order valence-corrected chi connectivity index (χ0v) is 4.85. The SMILES string of the molecule is O[C@H]1CN[C@H](C(F)F)C1. The predicted molar refractivity (Wildman–Crippen MR) is 28.4 cm³/mol. The van der Waals surface area contributed by atoms with E-state index in [9.17, 15) is 8.78 Å². The van der Waals surface area contributed by atoms with Gasteiger partial charge in [0.25, 0.3) is 6.43 Å². The fourth-order valence-electron chi connectivity index (χ4n) is 0.939. The minimum Gasteiger partial charge on any atom is -0.392 e. The quantitative estimate of drug-likeness (QED) is 0.532. The Kier molecular flexibility index (Phi) is 1.97. The topological polar surface area (TPSA) is 32.3 Å². The summed E-state index contributed by atoms with van der Waals surface area (Å²) < 4.78 is 23.5. The van der Waals surface area contributed by atoms with Crippen LogP contribution in [0.25, 0.3) is 0 Å². The molecule has 1 aliphatic heterocycles. The molecule has 1 fully saturated rings. The number of halogens is 2. The average molecular weight is 137 g/mol. The number of β-amino-alcohol motifs (C(OH)–C–C–N with tert-alkyl or cyclic N) is 1. The summed E-state index contributed by atoms with van der Waals surface area (Å²) >= 11 is 0. The van der Waals surface area contributed by atoms with Crippen molar-refractivity contribution in [2.24, 2.45) is 0 Å². The normalized spacial score (nSPS) is 36.0. The Hall–Kier alpha value is -0.220. The average Bonchev–Trinajstić information content (AvgIpc) is 2.14. The first kappa shape index (κ1) is 6.89. The summed E-state index contributed by atoms with van der Waals surface area (Å²) in [5.74, 6) is 0. The van der Waals surface area contributed by atoms with E-state index in [0.29, 0.717) is 6.54 Å². The highest BCUT2D eigenvalue weighted by atomic mass is 19.3. The molecule has 2 N–H and O–H groups in total.